The number of hydrogen-bond donors (Lipinski definition) is 2. The van der Waals surface area contributed by atoms with Crippen molar-refractivity contribution >= 4 is 28.8 Å². The Morgan fingerprint density at radius 2 is 1.94 bits per heavy atom. The maximum Gasteiger partial charge on any atom is 0.322 e. The predicted molar refractivity (Wildman–Crippen MR) is 113 cm³/mol. The quantitative estimate of drug-likeness (QED) is 0.575. The van der Waals surface area contributed by atoms with Crippen molar-refractivity contribution in [3.8, 4) is 5.75 Å². The number of nitrogens with one attached hydrogen (secondary N) is 2. The van der Waals surface area contributed by atoms with Crippen LogP contribution in [-0.2, 0) is 28.2 Å². The van der Waals surface area contributed by atoms with E-state index >= 15 is 0 Å². The van der Waals surface area contributed by atoms with Gasteiger partial charge in [0.05, 0.1) is 20.3 Å². The predicted octanol–water partition coefficient (Wildman–Crippen LogP) is 2.28. The number of methoxy groups -OCH3 is 2. The van der Waals surface area contributed by atoms with Crippen molar-refractivity contribution in [1.29, 1.82) is 0 Å². The highest BCUT2D eigenvalue weighted by Crippen LogP contribution is 2.35. The molecule has 3 heterocycles. The molecule has 9 nitrogen and oxygen atoms in total. The third kappa shape index (κ3) is 3.09. The molecule has 32 heavy (non-hydrogen) atoms. The van der Waals surface area contributed by atoms with Gasteiger partial charge in [0.2, 0.25) is 0 Å². The number of urea groups is 1. The van der Waals surface area contributed by atoms with E-state index in [0.717, 1.165) is 16.5 Å². The Hall–Kier alpha value is -3.85. The molecule has 2 aromatic carbocycles. The molecule has 4 amide bonds. The van der Waals surface area contributed by atoms with Gasteiger partial charge in [0.1, 0.15) is 17.1 Å². The summed E-state index contributed by atoms with van der Waals surface area (Å²) >= 11 is 0. The van der Waals surface area contributed by atoms with Gasteiger partial charge in [-0.15, -0.1) is 0 Å². The molecule has 1 atom stereocenters. The summed E-state index contributed by atoms with van der Waals surface area (Å²) in [4.78, 5) is 39.7. The molecule has 1 aromatic heterocycles. The normalized spacial score (nSPS) is 19.9. The lowest BCUT2D eigenvalue weighted by atomic mass is 9.95. The Balaban J connectivity index is 1.52. The minimum absolute atomic E-state index is 0.0782. The summed E-state index contributed by atoms with van der Waals surface area (Å²) in [5.41, 5.74) is 1.30. The molecule has 1 saturated heterocycles. The Morgan fingerprint density at radius 3 is 2.66 bits per heavy atom. The van der Waals surface area contributed by atoms with E-state index in [1.165, 1.54) is 12.0 Å². The largest absolute Gasteiger partial charge is 0.497 e. The number of nitrogens with zero attached hydrogens (tertiary/aromatic N) is 1. The highest BCUT2D eigenvalue weighted by Gasteiger charge is 2.53. The van der Waals surface area contributed by atoms with Gasteiger partial charge in [0, 0.05) is 24.6 Å². The summed E-state index contributed by atoms with van der Waals surface area (Å²) in [5, 5.41) is 5.75. The van der Waals surface area contributed by atoms with Gasteiger partial charge in [-0.2, -0.15) is 0 Å². The average Bonchev–Trinajstić information content (AvgIpc) is 3.42. The fraction of sp³-hybridized carbons (Fsp3) is 0.261. The molecule has 2 N–H and O–H groups in total. The van der Waals surface area contributed by atoms with E-state index in [1.54, 1.807) is 31.4 Å². The third-order valence-corrected chi connectivity index (χ3v) is 5.88. The summed E-state index contributed by atoms with van der Waals surface area (Å²) in [7, 11) is 3.14. The standard InChI is InChI=1S/C23H21N3O6/c1-30-11-13-3-6-18-15(7-13)8-19(32-18)23(21(28)24-22(29)25-23)12-26-10-14-4-5-16(31-2)9-17(14)20(26)27/h3-9H,10-12H2,1-2H3,(H2,24,25,28,29)/t23-/m0/s1. The second kappa shape index (κ2) is 7.38. The minimum atomic E-state index is -1.54. The van der Waals surface area contributed by atoms with Gasteiger partial charge in [-0.25, -0.2) is 4.79 Å². The van der Waals surface area contributed by atoms with Crippen LogP contribution in [0.3, 0.4) is 0 Å². The Kier molecular flexibility index (Phi) is 4.63. The second-order valence-electron chi connectivity index (χ2n) is 7.91. The molecule has 5 rings (SSSR count). The van der Waals surface area contributed by atoms with Gasteiger partial charge in [-0.3, -0.25) is 14.9 Å². The van der Waals surface area contributed by atoms with Crippen molar-refractivity contribution in [1.82, 2.24) is 15.5 Å². The van der Waals surface area contributed by atoms with Gasteiger partial charge in [0.25, 0.3) is 11.8 Å². The van der Waals surface area contributed by atoms with Crippen molar-refractivity contribution in [2.75, 3.05) is 20.8 Å². The molecule has 0 spiro atoms. The van der Waals surface area contributed by atoms with E-state index in [0.29, 0.717) is 30.0 Å². The third-order valence-electron chi connectivity index (χ3n) is 5.88. The lowest BCUT2D eigenvalue weighted by molar-refractivity contribution is -0.125. The van der Waals surface area contributed by atoms with Crippen LogP contribution in [0.4, 0.5) is 4.79 Å². The number of ether oxygens (including phenoxy) is 2. The number of benzene rings is 2. The molecular weight excluding hydrogens is 414 g/mol. The summed E-state index contributed by atoms with van der Waals surface area (Å²) in [6, 6.07) is 11.9. The van der Waals surface area contributed by atoms with Gasteiger partial charge < -0.3 is 24.1 Å². The van der Waals surface area contributed by atoms with Crippen molar-refractivity contribution in [3.63, 3.8) is 0 Å². The van der Waals surface area contributed by atoms with Crippen LogP contribution in [0.2, 0.25) is 0 Å². The van der Waals surface area contributed by atoms with Crippen LogP contribution >= 0.6 is 0 Å². The molecule has 0 radical (unpaired) electrons. The van der Waals surface area contributed by atoms with E-state index in [2.05, 4.69) is 10.6 Å². The van der Waals surface area contributed by atoms with E-state index in [9.17, 15) is 14.4 Å². The van der Waals surface area contributed by atoms with Crippen molar-refractivity contribution < 1.29 is 28.3 Å². The SMILES string of the molecule is COCc1ccc2oc([C@]3(CN4Cc5ccc(OC)cc5C4=O)NC(=O)NC3=O)cc2c1. The zero-order valence-corrected chi connectivity index (χ0v) is 17.6. The van der Waals surface area contributed by atoms with Crippen LogP contribution in [0, 0.1) is 0 Å². The number of fused-ring (bicyclic) bond motifs is 2. The van der Waals surface area contributed by atoms with Gasteiger partial charge >= 0.3 is 6.03 Å². The van der Waals surface area contributed by atoms with Crippen LogP contribution in [0.1, 0.15) is 27.2 Å². The van der Waals surface area contributed by atoms with Crippen LogP contribution in [0.25, 0.3) is 11.0 Å². The number of carbonyl (C=O) groups is 3. The smallest absolute Gasteiger partial charge is 0.322 e. The molecule has 1 fully saturated rings. The molecule has 0 bridgehead atoms. The molecule has 2 aliphatic heterocycles. The fourth-order valence-electron chi connectivity index (χ4n) is 4.30. The van der Waals surface area contributed by atoms with Crippen molar-refractivity contribution in [2.24, 2.45) is 0 Å². The summed E-state index contributed by atoms with van der Waals surface area (Å²) in [5.74, 6) is 0.0159. The summed E-state index contributed by atoms with van der Waals surface area (Å²) in [6.45, 7) is 0.662. The first-order valence-electron chi connectivity index (χ1n) is 10.1. The number of carbonyl (C=O) groups excluding carboxylic acids is 3. The Bertz CT molecular complexity index is 1270. The topological polar surface area (TPSA) is 110 Å². The van der Waals surface area contributed by atoms with Gasteiger partial charge in [-0.05, 0) is 41.5 Å². The zero-order valence-electron chi connectivity index (χ0n) is 17.6. The number of imide groups is 1. The first-order chi connectivity index (χ1) is 15.4. The van der Waals surface area contributed by atoms with E-state index < -0.39 is 17.5 Å². The fourth-order valence-corrected chi connectivity index (χ4v) is 4.30. The molecule has 0 saturated carbocycles. The number of amides is 4. The maximum atomic E-state index is 13.1. The molecule has 2 aliphatic rings. The summed E-state index contributed by atoms with van der Waals surface area (Å²) < 4.78 is 16.4. The van der Waals surface area contributed by atoms with Crippen LogP contribution in [0.15, 0.2) is 46.9 Å². The molecule has 0 unspecified atom stereocenters. The molecule has 164 valence electrons. The minimum Gasteiger partial charge on any atom is -0.497 e. The van der Waals surface area contributed by atoms with Crippen LogP contribution in [0.5, 0.6) is 5.75 Å². The summed E-state index contributed by atoms with van der Waals surface area (Å²) in [6.07, 6.45) is 0. The number of rotatable bonds is 6. The number of hydrogen-bond acceptors (Lipinski definition) is 6. The lowest BCUT2D eigenvalue weighted by Gasteiger charge is -2.29. The van der Waals surface area contributed by atoms with Gasteiger partial charge in [0.15, 0.2) is 5.54 Å². The maximum absolute atomic E-state index is 13.1. The highest BCUT2D eigenvalue weighted by atomic mass is 16.5. The van der Waals surface area contributed by atoms with Crippen LogP contribution < -0.4 is 15.4 Å². The molecule has 9 heteroatoms. The van der Waals surface area contributed by atoms with E-state index in [-0.39, 0.29) is 18.2 Å². The van der Waals surface area contributed by atoms with E-state index in [1.807, 2.05) is 18.2 Å². The first-order valence-corrected chi connectivity index (χ1v) is 10.1. The number of furan rings is 1. The molecule has 0 aliphatic carbocycles. The van der Waals surface area contributed by atoms with Crippen molar-refractivity contribution in [3.05, 3.63) is 64.9 Å². The molecular formula is C23H21N3O6. The Morgan fingerprint density at radius 1 is 1.09 bits per heavy atom. The van der Waals surface area contributed by atoms with Crippen LogP contribution in [-0.4, -0.2) is 43.5 Å². The second-order valence-corrected chi connectivity index (χ2v) is 7.91. The highest BCUT2D eigenvalue weighted by molar-refractivity contribution is 6.08. The molecule has 3 aromatic rings. The monoisotopic (exact) mass is 435 g/mol. The lowest BCUT2D eigenvalue weighted by Crippen LogP contribution is -2.52. The van der Waals surface area contributed by atoms with E-state index in [4.69, 9.17) is 13.9 Å². The average molecular weight is 435 g/mol. The van der Waals surface area contributed by atoms with Gasteiger partial charge in [-0.1, -0.05) is 12.1 Å². The Labute approximate surface area is 183 Å². The van der Waals surface area contributed by atoms with Crippen molar-refractivity contribution in [2.45, 2.75) is 18.7 Å². The zero-order chi connectivity index (χ0) is 22.5. The first kappa shape index (κ1) is 20.1.